The molecule has 0 atom stereocenters. The van der Waals surface area contributed by atoms with Crippen LogP contribution >= 0.6 is 39.1 Å². The molecule has 0 unspecified atom stereocenters. The Bertz CT molecular complexity index is 556. The van der Waals surface area contributed by atoms with Crippen molar-refractivity contribution in [2.24, 2.45) is 0 Å². The Kier molecular flexibility index (Phi) is 4.37. The molecule has 0 aliphatic heterocycles. The molecule has 0 aliphatic carbocycles. The van der Waals surface area contributed by atoms with Crippen LogP contribution in [0.2, 0.25) is 10.0 Å². The maximum Gasteiger partial charge on any atom is 0.0499 e. The minimum Gasteiger partial charge on any atom is -0.0836 e. The Labute approximate surface area is 126 Å². The summed E-state index contributed by atoms with van der Waals surface area (Å²) in [5.41, 5.74) is 3.20. The van der Waals surface area contributed by atoms with Crippen LogP contribution in [0.3, 0.4) is 0 Å². The van der Waals surface area contributed by atoms with Crippen LogP contribution in [0.25, 0.3) is 11.1 Å². The quantitative estimate of drug-likeness (QED) is 0.580. The predicted molar refractivity (Wildman–Crippen MR) is 83.7 cm³/mol. The van der Waals surface area contributed by atoms with E-state index in [4.69, 9.17) is 23.2 Å². The number of halogens is 3. The van der Waals surface area contributed by atoms with Crippen molar-refractivity contribution < 1.29 is 0 Å². The maximum atomic E-state index is 6.22. The summed E-state index contributed by atoms with van der Waals surface area (Å²) in [6.45, 7) is 4.34. The average molecular weight is 344 g/mol. The van der Waals surface area contributed by atoms with Gasteiger partial charge in [0.2, 0.25) is 0 Å². The zero-order chi connectivity index (χ0) is 13.3. The lowest BCUT2D eigenvalue weighted by Gasteiger charge is -2.12. The molecule has 0 amide bonds. The van der Waals surface area contributed by atoms with E-state index in [-0.39, 0.29) is 0 Å². The van der Waals surface area contributed by atoms with E-state index in [1.165, 1.54) is 5.56 Å². The molecule has 0 radical (unpaired) electrons. The molecule has 0 bridgehead atoms. The molecule has 2 aromatic carbocycles. The van der Waals surface area contributed by atoms with Gasteiger partial charge in [-0.2, -0.15) is 0 Å². The van der Waals surface area contributed by atoms with E-state index >= 15 is 0 Å². The number of hydrogen-bond acceptors (Lipinski definition) is 0. The minimum atomic E-state index is 0.482. The van der Waals surface area contributed by atoms with Crippen molar-refractivity contribution in [1.82, 2.24) is 0 Å². The highest BCUT2D eigenvalue weighted by Crippen LogP contribution is 2.37. The maximum absolute atomic E-state index is 6.22. The van der Waals surface area contributed by atoms with Gasteiger partial charge in [0.05, 0.1) is 0 Å². The molecule has 0 spiro atoms. The topological polar surface area (TPSA) is 0 Å². The third-order valence-electron chi connectivity index (χ3n) is 2.87. The fraction of sp³-hybridized carbons (Fsp3) is 0.200. The second-order valence-corrected chi connectivity index (χ2v) is 6.16. The van der Waals surface area contributed by atoms with Gasteiger partial charge in [-0.25, -0.2) is 0 Å². The van der Waals surface area contributed by atoms with E-state index in [1.54, 1.807) is 0 Å². The molecule has 2 aromatic rings. The number of rotatable bonds is 2. The second kappa shape index (κ2) is 5.64. The van der Waals surface area contributed by atoms with Gasteiger partial charge in [0, 0.05) is 20.1 Å². The van der Waals surface area contributed by atoms with Crippen LogP contribution in [0.15, 0.2) is 40.9 Å². The Morgan fingerprint density at radius 3 is 2.11 bits per heavy atom. The van der Waals surface area contributed by atoms with Gasteiger partial charge in [-0.3, -0.25) is 0 Å². The van der Waals surface area contributed by atoms with Gasteiger partial charge in [0.1, 0.15) is 0 Å². The molecule has 0 saturated carbocycles. The molecule has 0 nitrogen and oxygen atoms in total. The fourth-order valence-electron chi connectivity index (χ4n) is 1.92. The molecule has 18 heavy (non-hydrogen) atoms. The molecule has 0 aromatic heterocycles. The lowest BCUT2D eigenvalue weighted by atomic mass is 9.99. The smallest absolute Gasteiger partial charge is 0.0499 e. The van der Waals surface area contributed by atoms with Gasteiger partial charge >= 0.3 is 0 Å². The van der Waals surface area contributed by atoms with Crippen LogP contribution in [-0.2, 0) is 0 Å². The first kappa shape index (κ1) is 13.9. The van der Waals surface area contributed by atoms with Crippen molar-refractivity contribution in [2.45, 2.75) is 19.8 Å². The Morgan fingerprint density at radius 2 is 1.61 bits per heavy atom. The van der Waals surface area contributed by atoms with Crippen LogP contribution in [0.5, 0.6) is 0 Å². The van der Waals surface area contributed by atoms with Crippen LogP contribution in [-0.4, -0.2) is 0 Å². The lowest BCUT2D eigenvalue weighted by molar-refractivity contribution is 0.861. The molecule has 0 heterocycles. The number of hydrogen-bond donors (Lipinski definition) is 0. The van der Waals surface area contributed by atoms with Gasteiger partial charge in [-0.05, 0) is 35.2 Å². The minimum absolute atomic E-state index is 0.482. The van der Waals surface area contributed by atoms with Gasteiger partial charge in [-0.1, -0.05) is 71.2 Å². The van der Waals surface area contributed by atoms with Crippen molar-refractivity contribution in [3.05, 3.63) is 56.5 Å². The van der Waals surface area contributed by atoms with Crippen LogP contribution in [0, 0.1) is 0 Å². The summed E-state index contributed by atoms with van der Waals surface area (Å²) in [6.07, 6.45) is 0. The molecule has 2 rings (SSSR count). The van der Waals surface area contributed by atoms with E-state index in [9.17, 15) is 0 Å². The molecule has 0 N–H and O–H groups in total. The molecule has 3 heteroatoms. The van der Waals surface area contributed by atoms with Crippen LogP contribution in [0.4, 0.5) is 0 Å². The predicted octanol–water partition coefficient (Wildman–Crippen LogP) is 6.55. The molecular weight excluding hydrogens is 331 g/mol. The average Bonchev–Trinajstić information content (AvgIpc) is 2.28. The van der Waals surface area contributed by atoms with Gasteiger partial charge in [-0.15, -0.1) is 0 Å². The highest BCUT2D eigenvalue weighted by Gasteiger charge is 2.11. The van der Waals surface area contributed by atoms with Gasteiger partial charge < -0.3 is 0 Å². The summed E-state index contributed by atoms with van der Waals surface area (Å²) in [5.74, 6) is 0.482. The van der Waals surface area contributed by atoms with E-state index in [0.717, 1.165) is 15.6 Å². The summed E-state index contributed by atoms with van der Waals surface area (Å²) in [7, 11) is 0. The molecule has 94 valence electrons. The monoisotopic (exact) mass is 342 g/mol. The first-order chi connectivity index (χ1) is 8.50. The van der Waals surface area contributed by atoms with E-state index in [1.807, 2.05) is 18.2 Å². The van der Waals surface area contributed by atoms with Crippen molar-refractivity contribution in [3.8, 4) is 11.1 Å². The van der Waals surface area contributed by atoms with E-state index in [0.29, 0.717) is 16.0 Å². The molecular formula is C15H13BrCl2. The zero-order valence-electron chi connectivity index (χ0n) is 10.2. The summed E-state index contributed by atoms with van der Waals surface area (Å²) >= 11 is 16.0. The highest BCUT2D eigenvalue weighted by atomic mass is 79.9. The normalized spacial score (nSPS) is 11.0. The fourth-order valence-corrected chi connectivity index (χ4v) is 3.38. The highest BCUT2D eigenvalue weighted by molar-refractivity contribution is 9.10. The summed E-state index contributed by atoms with van der Waals surface area (Å²) in [5, 5.41) is 1.35. The third kappa shape index (κ3) is 2.74. The Hall–Kier alpha value is -0.500. The third-order valence-corrected chi connectivity index (χ3v) is 4.19. The van der Waals surface area contributed by atoms with E-state index in [2.05, 4.69) is 48.0 Å². The van der Waals surface area contributed by atoms with Crippen molar-refractivity contribution >= 4 is 39.1 Å². The number of benzene rings is 2. The Balaban J connectivity index is 2.56. The van der Waals surface area contributed by atoms with Crippen LogP contribution in [0.1, 0.15) is 25.3 Å². The van der Waals surface area contributed by atoms with Crippen molar-refractivity contribution in [2.75, 3.05) is 0 Å². The van der Waals surface area contributed by atoms with Gasteiger partial charge in [0.15, 0.2) is 0 Å². The van der Waals surface area contributed by atoms with E-state index < -0.39 is 0 Å². The molecule has 0 fully saturated rings. The standard InChI is InChI=1S/C15H13BrCl2/c1-9(2)11-7-6-10(8-12(11)16)15-13(17)4-3-5-14(15)18/h3-9H,1-2H3. The van der Waals surface area contributed by atoms with Crippen molar-refractivity contribution in [3.63, 3.8) is 0 Å². The molecule has 0 aliphatic rings. The summed E-state index contributed by atoms with van der Waals surface area (Å²) in [4.78, 5) is 0. The first-order valence-corrected chi connectivity index (χ1v) is 7.29. The lowest BCUT2D eigenvalue weighted by Crippen LogP contribution is -1.90. The summed E-state index contributed by atoms with van der Waals surface area (Å²) < 4.78 is 1.09. The first-order valence-electron chi connectivity index (χ1n) is 5.74. The van der Waals surface area contributed by atoms with Gasteiger partial charge in [0.25, 0.3) is 0 Å². The summed E-state index contributed by atoms with van der Waals surface area (Å²) in [6, 6.07) is 11.8. The van der Waals surface area contributed by atoms with Crippen LogP contribution < -0.4 is 0 Å². The largest absolute Gasteiger partial charge is 0.0836 e. The SMILES string of the molecule is CC(C)c1ccc(-c2c(Cl)cccc2Cl)cc1Br. The molecule has 0 saturated heterocycles. The second-order valence-electron chi connectivity index (χ2n) is 4.49. The zero-order valence-corrected chi connectivity index (χ0v) is 13.3. The van der Waals surface area contributed by atoms with Crippen molar-refractivity contribution in [1.29, 1.82) is 0 Å². The Morgan fingerprint density at radius 1 is 1.00 bits per heavy atom.